The highest BCUT2D eigenvalue weighted by Gasteiger charge is 1.66. The minimum absolute atomic E-state index is 0.874. The molecule has 66 valence electrons. The van der Waals surface area contributed by atoms with E-state index in [1.54, 1.807) is 12.4 Å². The van der Waals surface area contributed by atoms with Crippen LogP contribution >= 0.6 is 12.2 Å². The van der Waals surface area contributed by atoms with E-state index in [-0.39, 0.29) is 0 Å². The quantitative estimate of drug-likeness (QED) is 0.647. The van der Waals surface area contributed by atoms with Crippen LogP contribution in [0.25, 0.3) is 0 Å². The summed E-state index contributed by atoms with van der Waals surface area (Å²) in [5, 5.41) is 0. The number of H-pyrrole nitrogens is 1. The number of hydrogen-bond donors (Lipinski definition) is 1. The molecule has 0 saturated carbocycles. The number of pyridine rings is 2. The number of aromatic amines is 1. The minimum atomic E-state index is 0.874. The van der Waals surface area contributed by atoms with E-state index in [0.29, 0.717) is 0 Å². The monoisotopic (exact) mass is 190 g/mol. The summed E-state index contributed by atoms with van der Waals surface area (Å²) in [5.74, 6) is 0. The fourth-order valence-corrected chi connectivity index (χ4v) is 0.820. The van der Waals surface area contributed by atoms with Crippen LogP contribution in [-0.4, -0.2) is 9.97 Å². The Kier molecular flexibility index (Phi) is 4.49. The van der Waals surface area contributed by atoms with Crippen molar-refractivity contribution in [2.75, 3.05) is 0 Å². The highest BCUT2D eigenvalue weighted by atomic mass is 32.1. The molecule has 1 N–H and O–H groups in total. The normalized spacial score (nSPS) is 8.31. The molecular formula is C10H10N2S. The zero-order valence-electron chi connectivity index (χ0n) is 7.05. The van der Waals surface area contributed by atoms with Crippen molar-refractivity contribution in [3.05, 3.63) is 59.6 Å². The molecule has 0 aliphatic rings. The lowest BCUT2D eigenvalue weighted by Crippen LogP contribution is -1.62. The molecule has 0 aliphatic carbocycles. The van der Waals surface area contributed by atoms with Gasteiger partial charge in [-0.2, -0.15) is 0 Å². The molecule has 13 heavy (non-hydrogen) atoms. The molecule has 0 fully saturated rings. The summed E-state index contributed by atoms with van der Waals surface area (Å²) in [6.45, 7) is 0. The first-order valence-corrected chi connectivity index (χ1v) is 4.28. The van der Waals surface area contributed by atoms with Gasteiger partial charge in [-0.3, -0.25) is 4.98 Å². The zero-order valence-corrected chi connectivity index (χ0v) is 7.87. The Morgan fingerprint density at radius 1 is 1.00 bits per heavy atom. The lowest BCUT2D eigenvalue weighted by molar-refractivity contribution is 1.32. The molecule has 3 heteroatoms. The molecule has 0 unspecified atom stereocenters. The van der Waals surface area contributed by atoms with Gasteiger partial charge in [-0.05, 0) is 24.3 Å². The summed E-state index contributed by atoms with van der Waals surface area (Å²) in [4.78, 5) is 6.65. The van der Waals surface area contributed by atoms with Gasteiger partial charge in [-0.1, -0.05) is 18.3 Å². The number of aromatic nitrogens is 2. The van der Waals surface area contributed by atoms with Crippen molar-refractivity contribution in [2.45, 2.75) is 0 Å². The summed E-state index contributed by atoms with van der Waals surface area (Å²) >= 11 is 4.79. The van der Waals surface area contributed by atoms with Gasteiger partial charge in [0.1, 0.15) is 0 Å². The predicted octanol–water partition coefficient (Wildman–Crippen LogP) is 2.83. The highest BCUT2D eigenvalue weighted by molar-refractivity contribution is 7.71. The molecule has 0 radical (unpaired) electrons. The van der Waals surface area contributed by atoms with E-state index in [0.717, 1.165) is 4.51 Å². The van der Waals surface area contributed by atoms with Crippen molar-refractivity contribution in [3.63, 3.8) is 0 Å². The van der Waals surface area contributed by atoms with Gasteiger partial charge in [0.2, 0.25) is 0 Å². The minimum Gasteiger partial charge on any atom is -0.368 e. The van der Waals surface area contributed by atoms with E-state index in [4.69, 9.17) is 12.2 Å². The number of nitrogens with one attached hydrogen (secondary N) is 1. The van der Waals surface area contributed by atoms with Crippen LogP contribution in [0.15, 0.2) is 55.1 Å². The lowest BCUT2D eigenvalue weighted by atomic mass is 10.5. The van der Waals surface area contributed by atoms with Crippen LogP contribution in [0, 0.1) is 4.51 Å². The highest BCUT2D eigenvalue weighted by Crippen LogP contribution is 1.82. The van der Waals surface area contributed by atoms with E-state index in [1.807, 2.05) is 42.7 Å². The number of nitrogens with zero attached hydrogens (tertiary/aromatic N) is 1. The molecule has 2 heterocycles. The molecule has 2 nitrogen and oxygen atoms in total. The van der Waals surface area contributed by atoms with Gasteiger partial charge in [0.15, 0.2) is 0 Å². The smallest absolute Gasteiger partial charge is 0.0406 e. The largest absolute Gasteiger partial charge is 0.368 e. The van der Waals surface area contributed by atoms with Crippen LogP contribution in [0.2, 0.25) is 0 Å². The molecule has 2 aromatic rings. The van der Waals surface area contributed by atoms with Crippen LogP contribution in [0.4, 0.5) is 0 Å². The average Bonchev–Trinajstić information content (AvgIpc) is 2.22. The molecule has 0 saturated heterocycles. The van der Waals surface area contributed by atoms with Crippen molar-refractivity contribution >= 4 is 12.2 Å². The standard InChI is InChI=1S/C5H5NS.C5H5N/c7-5-1-3-6-4-2-5;1-2-4-6-5-3-1/h1-4H,(H,6,7);1-5H. The Bertz CT molecular complexity index is 326. The second-order valence-electron chi connectivity index (χ2n) is 2.26. The predicted molar refractivity (Wildman–Crippen MR) is 55.9 cm³/mol. The third kappa shape index (κ3) is 4.87. The Balaban J connectivity index is 0.000000132. The number of rotatable bonds is 0. The first kappa shape index (κ1) is 9.61. The Labute approximate surface area is 82.3 Å². The second kappa shape index (κ2) is 6.08. The SMILES string of the molecule is S=c1cc[nH]cc1.c1ccncc1. The second-order valence-corrected chi connectivity index (χ2v) is 2.73. The Morgan fingerprint density at radius 2 is 1.62 bits per heavy atom. The van der Waals surface area contributed by atoms with Gasteiger partial charge < -0.3 is 4.98 Å². The van der Waals surface area contributed by atoms with E-state index in [2.05, 4.69) is 9.97 Å². The van der Waals surface area contributed by atoms with E-state index >= 15 is 0 Å². The first-order chi connectivity index (χ1) is 6.39. The fourth-order valence-electron chi connectivity index (χ4n) is 0.684. The van der Waals surface area contributed by atoms with Crippen LogP contribution in [-0.2, 0) is 0 Å². The molecule has 0 bridgehead atoms. The van der Waals surface area contributed by atoms with E-state index in [1.165, 1.54) is 0 Å². The number of hydrogen-bond acceptors (Lipinski definition) is 2. The van der Waals surface area contributed by atoms with E-state index < -0.39 is 0 Å². The van der Waals surface area contributed by atoms with Crippen molar-refractivity contribution < 1.29 is 0 Å². The Morgan fingerprint density at radius 3 is 1.85 bits per heavy atom. The van der Waals surface area contributed by atoms with Crippen LogP contribution in [0.1, 0.15) is 0 Å². The summed E-state index contributed by atoms with van der Waals surface area (Å²) in [7, 11) is 0. The molecular weight excluding hydrogens is 180 g/mol. The van der Waals surface area contributed by atoms with Crippen LogP contribution < -0.4 is 0 Å². The topological polar surface area (TPSA) is 28.7 Å². The third-order valence-electron chi connectivity index (χ3n) is 1.25. The maximum atomic E-state index is 4.79. The first-order valence-electron chi connectivity index (χ1n) is 3.88. The lowest BCUT2D eigenvalue weighted by Gasteiger charge is -1.75. The summed E-state index contributed by atoms with van der Waals surface area (Å²) < 4.78 is 0.874. The molecule has 0 atom stereocenters. The Hall–Kier alpha value is -1.48. The van der Waals surface area contributed by atoms with Crippen molar-refractivity contribution in [1.82, 2.24) is 9.97 Å². The molecule has 0 aromatic carbocycles. The summed E-state index contributed by atoms with van der Waals surface area (Å²) in [6.07, 6.45) is 7.12. The van der Waals surface area contributed by atoms with Gasteiger partial charge in [0.25, 0.3) is 0 Å². The van der Waals surface area contributed by atoms with Crippen LogP contribution in [0.3, 0.4) is 0 Å². The molecule has 2 aromatic heterocycles. The third-order valence-corrected chi connectivity index (χ3v) is 1.53. The van der Waals surface area contributed by atoms with Gasteiger partial charge in [0, 0.05) is 29.3 Å². The summed E-state index contributed by atoms with van der Waals surface area (Å²) in [6, 6.07) is 9.40. The van der Waals surface area contributed by atoms with E-state index in [9.17, 15) is 0 Å². The van der Waals surface area contributed by atoms with Crippen molar-refractivity contribution in [2.24, 2.45) is 0 Å². The van der Waals surface area contributed by atoms with Crippen molar-refractivity contribution in [3.8, 4) is 0 Å². The maximum absolute atomic E-state index is 4.79. The molecule has 2 rings (SSSR count). The molecule has 0 spiro atoms. The van der Waals surface area contributed by atoms with Gasteiger partial charge >= 0.3 is 0 Å². The fraction of sp³-hybridized carbons (Fsp3) is 0. The van der Waals surface area contributed by atoms with Crippen LogP contribution in [0.5, 0.6) is 0 Å². The van der Waals surface area contributed by atoms with Gasteiger partial charge in [-0.25, -0.2) is 0 Å². The average molecular weight is 190 g/mol. The zero-order chi connectivity index (χ0) is 9.36. The maximum Gasteiger partial charge on any atom is 0.0406 e. The molecule has 0 aliphatic heterocycles. The molecule has 0 amide bonds. The van der Waals surface area contributed by atoms with Gasteiger partial charge in [0.05, 0.1) is 0 Å². The van der Waals surface area contributed by atoms with Gasteiger partial charge in [-0.15, -0.1) is 0 Å². The summed E-state index contributed by atoms with van der Waals surface area (Å²) in [5.41, 5.74) is 0. The van der Waals surface area contributed by atoms with Crippen molar-refractivity contribution in [1.29, 1.82) is 0 Å².